The Morgan fingerprint density at radius 1 is 1.00 bits per heavy atom. The van der Waals surface area contributed by atoms with Gasteiger partial charge in [0.15, 0.2) is 11.6 Å². The number of nitrogens with one attached hydrogen (secondary N) is 1. The first-order chi connectivity index (χ1) is 9.01. The number of nitrogens with zero attached hydrogens (tertiary/aromatic N) is 1. The van der Waals surface area contributed by atoms with Crippen LogP contribution in [0.25, 0.3) is 0 Å². The van der Waals surface area contributed by atoms with E-state index in [0.717, 1.165) is 18.2 Å². The van der Waals surface area contributed by atoms with E-state index in [9.17, 15) is 13.2 Å². The summed E-state index contributed by atoms with van der Waals surface area (Å²) in [7, 11) is 0. The second-order valence-corrected chi connectivity index (χ2v) is 4.11. The summed E-state index contributed by atoms with van der Waals surface area (Å²) in [5, 5.41) is 11.0. The van der Waals surface area contributed by atoms with Crippen molar-refractivity contribution in [1.82, 2.24) is 0 Å². The molecule has 2 nitrogen and oxygen atoms in total. The zero-order chi connectivity index (χ0) is 14.0. The van der Waals surface area contributed by atoms with E-state index in [1.807, 2.05) is 0 Å². The van der Waals surface area contributed by atoms with E-state index in [4.69, 9.17) is 16.9 Å². The lowest BCUT2D eigenvalue weighted by Gasteiger charge is -2.10. The molecule has 0 aliphatic rings. The quantitative estimate of drug-likeness (QED) is 0.887. The second-order valence-electron chi connectivity index (χ2n) is 3.68. The smallest absolute Gasteiger partial charge is 0.150 e. The number of rotatable bonds is 2. The first kappa shape index (κ1) is 13.2. The summed E-state index contributed by atoms with van der Waals surface area (Å²) in [6.45, 7) is 0. The first-order valence-electron chi connectivity index (χ1n) is 5.12. The average molecular weight is 283 g/mol. The van der Waals surface area contributed by atoms with E-state index in [0.29, 0.717) is 0 Å². The van der Waals surface area contributed by atoms with Crippen LogP contribution in [0.4, 0.5) is 24.5 Å². The van der Waals surface area contributed by atoms with Crippen LogP contribution in [0.2, 0.25) is 5.02 Å². The van der Waals surface area contributed by atoms with Gasteiger partial charge in [-0.05, 0) is 30.3 Å². The van der Waals surface area contributed by atoms with Gasteiger partial charge in [-0.25, -0.2) is 13.2 Å². The Morgan fingerprint density at radius 2 is 1.63 bits per heavy atom. The highest BCUT2D eigenvalue weighted by molar-refractivity contribution is 6.30. The largest absolute Gasteiger partial charge is 0.348 e. The van der Waals surface area contributed by atoms with Gasteiger partial charge in [-0.1, -0.05) is 11.6 Å². The van der Waals surface area contributed by atoms with Gasteiger partial charge in [0.1, 0.15) is 11.5 Å². The zero-order valence-corrected chi connectivity index (χ0v) is 10.1. The predicted molar refractivity (Wildman–Crippen MR) is 65.8 cm³/mol. The summed E-state index contributed by atoms with van der Waals surface area (Å²) in [6, 6.07) is 7.00. The maximum Gasteiger partial charge on any atom is 0.150 e. The Bertz CT molecular complexity index is 657. The molecule has 0 saturated carbocycles. The zero-order valence-electron chi connectivity index (χ0n) is 9.35. The molecule has 0 fully saturated rings. The van der Waals surface area contributed by atoms with Crippen LogP contribution in [0.3, 0.4) is 0 Å². The average Bonchev–Trinajstić information content (AvgIpc) is 2.35. The maximum atomic E-state index is 13.6. The van der Waals surface area contributed by atoms with Gasteiger partial charge in [0.05, 0.1) is 17.3 Å². The molecule has 2 rings (SSSR count). The molecule has 0 spiro atoms. The molecule has 2 aromatic carbocycles. The lowest BCUT2D eigenvalue weighted by molar-refractivity contribution is 0.588. The Hall–Kier alpha value is -2.19. The molecular weight excluding hydrogens is 277 g/mol. The highest BCUT2D eigenvalue weighted by Crippen LogP contribution is 2.27. The summed E-state index contributed by atoms with van der Waals surface area (Å²) in [4.78, 5) is 0. The van der Waals surface area contributed by atoms with E-state index in [2.05, 4.69) is 5.32 Å². The van der Waals surface area contributed by atoms with Crippen LogP contribution >= 0.6 is 11.6 Å². The van der Waals surface area contributed by atoms with Crippen molar-refractivity contribution < 1.29 is 13.2 Å². The van der Waals surface area contributed by atoms with Crippen LogP contribution in [-0.2, 0) is 0 Å². The normalized spacial score (nSPS) is 10.1. The van der Waals surface area contributed by atoms with Crippen LogP contribution in [0.1, 0.15) is 5.56 Å². The number of hydrogen-bond donors (Lipinski definition) is 1. The minimum Gasteiger partial charge on any atom is -0.348 e. The maximum absolute atomic E-state index is 13.6. The highest BCUT2D eigenvalue weighted by atomic mass is 35.5. The molecule has 0 atom stereocenters. The molecule has 0 unspecified atom stereocenters. The summed E-state index contributed by atoms with van der Waals surface area (Å²) in [5.41, 5.74) is -0.802. The van der Waals surface area contributed by atoms with Gasteiger partial charge < -0.3 is 5.32 Å². The van der Waals surface area contributed by atoms with Gasteiger partial charge in [0, 0.05) is 5.02 Å². The Balaban J connectivity index is 2.41. The number of halogens is 4. The summed E-state index contributed by atoms with van der Waals surface area (Å²) in [6.07, 6.45) is 0. The molecule has 0 aliphatic carbocycles. The lowest BCUT2D eigenvalue weighted by atomic mass is 10.2. The molecule has 0 aromatic heterocycles. The van der Waals surface area contributed by atoms with Gasteiger partial charge in [-0.15, -0.1) is 0 Å². The molecule has 0 amide bonds. The summed E-state index contributed by atoms with van der Waals surface area (Å²) < 4.78 is 40.7. The van der Waals surface area contributed by atoms with E-state index < -0.39 is 23.1 Å². The molecule has 0 bridgehead atoms. The van der Waals surface area contributed by atoms with Crippen molar-refractivity contribution in [2.24, 2.45) is 0 Å². The van der Waals surface area contributed by atoms with Crippen LogP contribution in [0, 0.1) is 28.8 Å². The van der Waals surface area contributed by atoms with Crippen molar-refractivity contribution in [2.45, 2.75) is 0 Å². The fourth-order valence-electron chi connectivity index (χ4n) is 1.48. The van der Waals surface area contributed by atoms with Gasteiger partial charge in [0.2, 0.25) is 0 Å². The minimum absolute atomic E-state index is 0.119. The molecule has 1 N–H and O–H groups in total. The Labute approximate surface area is 112 Å². The molecule has 0 aliphatic heterocycles. The van der Waals surface area contributed by atoms with Gasteiger partial charge in [0.25, 0.3) is 0 Å². The fourth-order valence-corrected chi connectivity index (χ4v) is 1.64. The third-order valence-electron chi connectivity index (χ3n) is 2.36. The van der Waals surface area contributed by atoms with Crippen molar-refractivity contribution in [3.05, 3.63) is 58.4 Å². The number of nitriles is 1. The van der Waals surface area contributed by atoms with E-state index in [1.54, 1.807) is 6.07 Å². The van der Waals surface area contributed by atoms with Crippen LogP contribution < -0.4 is 5.32 Å². The number of anilines is 2. The van der Waals surface area contributed by atoms with Crippen LogP contribution in [-0.4, -0.2) is 0 Å². The van der Waals surface area contributed by atoms with Crippen LogP contribution in [0.5, 0.6) is 0 Å². The molecule has 0 saturated heterocycles. The number of hydrogen-bond acceptors (Lipinski definition) is 2. The molecule has 2 aromatic rings. The summed E-state index contributed by atoms with van der Waals surface area (Å²) in [5.74, 6) is -2.70. The van der Waals surface area contributed by atoms with E-state index in [1.165, 1.54) is 12.1 Å². The minimum atomic E-state index is -0.981. The predicted octanol–water partition coefficient (Wildman–Crippen LogP) is 4.37. The van der Waals surface area contributed by atoms with Crippen molar-refractivity contribution >= 4 is 23.0 Å². The third kappa shape index (κ3) is 2.80. The standard InChI is InChI=1S/C13H6ClF3N2/c14-8-1-2-12(9(15)5-8)19-13-10(16)3-7(6-18)4-11(13)17/h1-5,19H. The van der Waals surface area contributed by atoms with Crippen molar-refractivity contribution in [1.29, 1.82) is 5.26 Å². The van der Waals surface area contributed by atoms with Crippen molar-refractivity contribution in [3.8, 4) is 6.07 Å². The first-order valence-corrected chi connectivity index (χ1v) is 5.50. The Morgan fingerprint density at radius 3 is 2.16 bits per heavy atom. The molecule has 96 valence electrons. The topological polar surface area (TPSA) is 35.8 Å². The lowest BCUT2D eigenvalue weighted by Crippen LogP contribution is -2.00. The van der Waals surface area contributed by atoms with Crippen molar-refractivity contribution in [3.63, 3.8) is 0 Å². The second kappa shape index (κ2) is 5.21. The molecule has 6 heteroatoms. The van der Waals surface area contributed by atoms with Crippen LogP contribution in [0.15, 0.2) is 30.3 Å². The number of benzene rings is 2. The highest BCUT2D eigenvalue weighted by Gasteiger charge is 2.13. The van der Waals surface area contributed by atoms with Gasteiger partial charge >= 0.3 is 0 Å². The summed E-state index contributed by atoms with van der Waals surface area (Å²) >= 11 is 5.57. The molecule has 19 heavy (non-hydrogen) atoms. The fraction of sp³-hybridized carbons (Fsp3) is 0. The Kier molecular flexibility index (Phi) is 3.63. The molecular formula is C13H6ClF3N2. The third-order valence-corrected chi connectivity index (χ3v) is 2.60. The van der Waals surface area contributed by atoms with Gasteiger partial charge in [-0.3, -0.25) is 0 Å². The van der Waals surface area contributed by atoms with E-state index >= 15 is 0 Å². The molecule has 0 radical (unpaired) electrons. The SMILES string of the molecule is N#Cc1cc(F)c(Nc2ccc(Cl)cc2F)c(F)c1. The molecule has 0 heterocycles. The van der Waals surface area contributed by atoms with E-state index in [-0.39, 0.29) is 16.3 Å². The van der Waals surface area contributed by atoms with Crippen molar-refractivity contribution in [2.75, 3.05) is 5.32 Å². The van der Waals surface area contributed by atoms with Gasteiger partial charge in [-0.2, -0.15) is 5.26 Å². The monoisotopic (exact) mass is 282 g/mol.